The van der Waals surface area contributed by atoms with Crippen molar-refractivity contribution in [2.45, 2.75) is 44.6 Å². The molecular formula is C17H33ClN4O4S. The van der Waals surface area contributed by atoms with Crippen LogP contribution in [0.15, 0.2) is 0 Å². The van der Waals surface area contributed by atoms with Gasteiger partial charge in [0.2, 0.25) is 5.91 Å². The van der Waals surface area contributed by atoms with E-state index >= 15 is 0 Å². The van der Waals surface area contributed by atoms with E-state index in [9.17, 15) is 13.2 Å². The minimum atomic E-state index is -3.39. The first-order valence-corrected chi connectivity index (χ1v) is 11.3. The van der Waals surface area contributed by atoms with Crippen molar-refractivity contribution in [2.75, 3.05) is 52.5 Å². The number of hydrogen-bond acceptors (Lipinski definition) is 5. The number of nitrogens with one attached hydrogen (secondary N) is 2. The van der Waals surface area contributed by atoms with Crippen molar-refractivity contribution in [1.82, 2.24) is 19.2 Å². The summed E-state index contributed by atoms with van der Waals surface area (Å²) in [6, 6.07) is 0.0895. The van der Waals surface area contributed by atoms with Crippen LogP contribution in [0.5, 0.6) is 0 Å². The molecule has 0 atom stereocenters. The third-order valence-corrected chi connectivity index (χ3v) is 7.72. The lowest BCUT2D eigenvalue weighted by Gasteiger charge is -2.36. The summed E-state index contributed by atoms with van der Waals surface area (Å²) in [4.78, 5) is 12.2. The Balaban J connectivity index is 0.00000261. The van der Waals surface area contributed by atoms with E-state index in [0.29, 0.717) is 64.6 Å². The Morgan fingerprint density at radius 1 is 1.00 bits per heavy atom. The van der Waals surface area contributed by atoms with Gasteiger partial charge in [0.15, 0.2) is 0 Å². The van der Waals surface area contributed by atoms with Crippen LogP contribution in [0.1, 0.15) is 38.5 Å². The van der Waals surface area contributed by atoms with Crippen LogP contribution in [0.25, 0.3) is 0 Å². The van der Waals surface area contributed by atoms with Gasteiger partial charge in [-0.15, -0.1) is 12.4 Å². The first kappa shape index (κ1) is 22.8. The topological polar surface area (TPSA) is 91.0 Å². The van der Waals surface area contributed by atoms with Gasteiger partial charge in [0.25, 0.3) is 10.2 Å². The second-order valence-corrected chi connectivity index (χ2v) is 9.42. The monoisotopic (exact) mass is 424 g/mol. The van der Waals surface area contributed by atoms with Gasteiger partial charge >= 0.3 is 0 Å². The molecule has 3 saturated heterocycles. The van der Waals surface area contributed by atoms with Crippen molar-refractivity contribution in [3.63, 3.8) is 0 Å². The zero-order valence-corrected chi connectivity index (χ0v) is 17.5. The third-order valence-electron chi connectivity index (χ3n) is 5.68. The quantitative estimate of drug-likeness (QED) is 0.641. The lowest BCUT2D eigenvalue weighted by Crippen LogP contribution is -2.53. The largest absolute Gasteiger partial charge is 0.379 e. The molecule has 0 spiro atoms. The van der Waals surface area contributed by atoms with Crippen LogP contribution in [-0.4, -0.2) is 81.5 Å². The molecule has 0 radical (unpaired) electrons. The van der Waals surface area contributed by atoms with Crippen LogP contribution < -0.4 is 10.6 Å². The van der Waals surface area contributed by atoms with Crippen LogP contribution in [0.4, 0.5) is 0 Å². The summed E-state index contributed by atoms with van der Waals surface area (Å²) in [5.74, 6) is 0.764. The highest BCUT2D eigenvalue weighted by Crippen LogP contribution is 2.20. The van der Waals surface area contributed by atoms with E-state index in [1.54, 1.807) is 4.31 Å². The number of rotatable bonds is 6. The summed E-state index contributed by atoms with van der Waals surface area (Å²) in [6.07, 6.45) is 5.22. The van der Waals surface area contributed by atoms with E-state index in [2.05, 4.69) is 10.6 Å². The van der Waals surface area contributed by atoms with Crippen molar-refractivity contribution < 1.29 is 17.9 Å². The summed E-state index contributed by atoms with van der Waals surface area (Å²) in [6.45, 7) is 4.83. The standard InChI is InChI=1S/C17H32N4O4S.ClH/c22-17(2-1-15-3-7-18-8-4-15)19-16-5-9-20(10-6-16)26(23,24)21-11-13-25-14-12-21;/h15-16,18H,1-14H2,(H,19,22);1H. The molecule has 0 saturated carbocycles. The maximum atomic E-state index is 12.7. The predicted octanol–water partition coefficient (Wildman–Crippen LogP) is 0.346. The van der Waals surface area contributed by atoms with E-state index in [1.165, 1.54) is 4.31 Å². The SMILES string of the molecule is Cl.O=C(CCC1CCNCC1)NC1CCN(S(=O)(=O)N2CCOCC2)CC1. The molecule has 3 rings (SSSR count). The Hall–Kier alpha value is -0.450. The fourth-order valence-electron chi connectivity index (χ4n) is 3.98. The molecule has 0 aromatic heterocycles. The molecule has 8 nitrogen and oxygen atoms in total. The molecule has 2 N–H and O–H groups in total. The van der Waals surface area contributed by atoms with E-state index in [1.807, 2.05) is 0 Å². The van der Waals surface area contributed by atoms with Gasteiger partial charge in [-0.25, -0.2) is 0 Å². The van der Waals surface area contributed by atoms with Crippen LogP contribution in [0.2, 0.25) is 0 Å². The number of carbonyl (C=O) groups is 1. The van der Waals surface area contributed by atoms with Crippen LogP contribution in [-0.2, 0) is 19.7 Å². The van der Waals surface area contributed by atoms with E-state index in [0.717, 1.165) is 32.4 Å². The molecule has 0 bridgehead atoms. The highest BCUT2D eigenvalue weighted by atomic mass is 35.5. The fourth-order valence-corrected chi connectivity index (χ4v) is 5.59. The maximum absolute atomic E-state index is 12.7. The average Bonchev–Trinajstić information content (AvgIpc) is 2.68. The first-order valence-electron chi connectivity index (χ1n) is 9.89. The number of ether oxygens (including phenoxy) is 1. The van der Waals surface area contributed by atoms with Crippen LogP contribution in [0, 0.1) is 5.92 Å². The molecule has 3 aliphatic rings. The molecule has 27 heavy (non-hydrogen) atoms. The van der Waals surface area contributed by atoms with E-state index in [-0.39, 0.29) is 24.4 Å². The summed E-state index contributed by atoms with van der Waals surface area (Å²) in [5.41, 5.74) is 0. The highest BCUT2D eigenvalue weighted by molar-refractivity contribution is 7.86. The van der Waals surface area contributed by atoms with E-state index in [4.69, 9.17) is 4.74 Å². The third kappa shape index (κ3) is 6.54. The number of hydrogen-bond donors (Lipinski definition) is 2. The fraction of sp³-hybridized carbons (Fsp3) is 0.941. The summed E-state index contributed by atoms with van der Waals surface area (Å²) in [5, 5.41) is 6.44. The van der Waals surface area contributed by atoms with Gasteiger partial charge in [0.05, 0.1) is 13.2 Å². The van der Waals surface area contributed by atoms with Gasteiger partial charge in [-0.3, -0.25) is 4.79 Å². The van der Waals surface area contributed by atoms with Gasteiger partial charge in [-0.1, -0.05) is 0 Å². The zero-order chi connectivity index (χ0) is 18.4. The highest BCUT2D eigenvalue weighted by Gasteiger charge is 2.34. The molecule has 1 amide bonds. The van der Waals surface area contributed by atoms with Gasteiger partial charge in [-0.2, -0.15) is 17.0 Å². The molecule has 0 aromatic carbocycles. The molecule has 3 heterocycles. The summed E-state index contributed by atoms with van der Waals surface area (Å²) >= 11 is 0. The second-order valence-electron chi connectivity index (χ2n) is 7.49. The zero-order valence-electron chi connectivity index (χ0n) is 15.9. The number of amides is 1. The first-order chi connectivity index (χ1) is 12.6. The smallest absolute Gasteiger partial charge is 0.282 e. The molecule has 10 heteroatoms. The molecular weight excluding hydrogens is 392 g/mol. The van der Waals surface area contributed by atoms with Gasteiger partial charge < -0.3 is 15.4 Å². The molecule has 158 valence electrons. The summed E-state index contributed by atoms with van der Waals surface area (Å²) in [7, 11) is -3.39. The number of morpholine rings is 1. The van der Waals surface area contributed by atoms with Crippen molar-refractivity contribution >= 4 is 28.5 Å². The number of nitrogens with zero attached hydrogens (tertiary/aromatic N) is 2. The maximum Gasteiger partial charge on any atom is 0.282 e. The minimum absolute atomic E-state index is 0. The molecule has 0 unspecified atom stereocenters. The van der Waals surface area contributed by atoms with Gasteiger partial charge in [0, 0.05) is 38.6 Å². The van der Waals surface area contributed by atoms with Crippen molar-refractivity contribution in [3.05, 3.63) is 0 Å². The molecule has 0 aromatic rings. The number of halogens is 1. The Labute approximate surface area is 169 Å². The van der Waals surface area contributed by atoms with Gasteiger partial charge in [0.1, 0.15) is 0 Å². The Kier molecular flexibility index (Phi) is 9.24. The normalized spacial score (nSPS) is 24.3. The number of piperidine rings is 2. The lowest BCUT2D eigenvalue weighted by atomic mass is 9.93. The predicted molar refractivity (Wildman–Crippen MR) is 106 cm³/mol. The Bertz CT molecular complexity index is 557. The van der Waals surface area contributed by atoms with Gasteiger partial charge in [-0.05, 0) is 51.1 Å². The van der Waals surface area contributed by atoms with Crippen LogP contribution in [0.3, 0.4) is 0 Å². The Morgan fingerprint density at radius 3 is 2.22 bits per heavy atom. The van der Waals surface area contributed by atoms with Crippen LogP contribution >= 0.6 is 12.4 Å². The van der Waals surface area contributed by atoms with Crippen molar-refractivity contribution in [2.24, 2.45) is 5.92 Å². The van der Waals surface area contributed by atoms with Crippen molar-refractivity contribution in [1.29, 1.82) is 0 Å². The molecule has 0 aliphatic carbocycles. The lowest BCUT2D eigenvalue weighted by molar-refractivity contribution is -0.122. The molecule has 3 fully saturated rings. The minimum Gasteiger partial charge on any atom is -0.379 e. The van der Waals surface area contributed by atoms with Crippen molar-refractivity contribution in [3.8, 4) is 0 Å². The number of carbonyl (C=O) groups excluding carboxylic acids is 1. The summed E-state index contributed by atoms with van der Waals surface area (Å²) < 4.78 is 33.6. The second kappa shape index (κ2) is 10.9. The average molecular weight is 425 g/mol. The Morgan fingerprint density at radius 2 is 1.59 bits per heavy atom. The molecule has 3 aliphatic heterocycles. The van der Waals surface area contributed by atoms with E-state index < -0.39 is 10.2 Å².